The Balaban J connectivity index is 2.22. The molecule has 0 saturated carbocycles. The number of aromatic nitrogens is 3. The third-order valence-corrected chi connectivity index (χ3v) is 2.73. The van der Waals surface area contributed by atoms with Crippen molar-refractivity contribution in [2.75, 3.05) is 7.11 Å². The molecule has 0 radical (unpaired) electrons. The minimum Gasteiger partial charge on any atom is -0.497 e. The Bertz CT molecular complexity index is 593. The van der Waals surface area contributed by atoms with E-state index in [-0.39, 0.29) is 12.4 Å². The highest BCUT2D eigenvalue weighted by Crippen LogP contribution is 2.25. The molecule has 100 valence electrons. The largest absolute Gasteiger partial charge is 0.497 e. The normalized spacial score (nSPS) is 10.3. The number of ketones is 1. The van der Waals surface area contributed by atoms with Crippen LogP contribution in [0.1, 0.15) is 23.1 Å². The Kier molecular flexibility index (Phi) is 3.79. The fourth-order valence-corrected chi connectivity index (χ4v) is 1.62. The van der Waals surface area contributed by atoms with Crippen molar-refractivity contribution in [2.45, 2.75) is 13.5 Å². The van der Waals surface area contributed by atoms with Crippen LogP contribution in [0.15, 0.2) is 24.5 Å². The number of methoxy groups -OCH3 is 1. The van der Waals surface area contributed by atoms with Crippen molar-refractivity contribution in [2.24, 2.45) is 7.05 Å². The second-order valence-corrected chi connectivity index (χ2v) is 4.07. The minimum atomic E-state index is -0.0596. The van der Waals surface area contributed by atoms with E-state index in [1.165, 1.54) is 6.92 Å². The van der Waals surface area contributed by atoms with E-state index < -0.39 is 0 Å². The van der Waals surface area contributed by atoms with Gasteiger partial charge < -0.3 is 14.0 Å². The molecule has 1 heterocycles. The molecule has 2 rings (SSSR count). The standard InChI is InChI=1S/C13H15N3O3/c1-9(17)11-5-4-10(18-3)6-12(11)19-7-13-15-14-8-16(13)2/h4-6,8H,7H2,1-3H3. The van der Waals surface area contributed by atoms with Crippen molar-refractivity contribution >= 4 is 5.78 Å². The summed E-state index contributed by atoms with van der Waals surface area (Å²) >= 11 is 0. The van der Waals surface area contributed by atoms with Gasteiger partial charge in [0.25, 0.3) is 0 Å². The van der Waals surface area contributed by atoms with Crippen molar-refractivity contribution in [3.63, 3.8) is 0 Å². The summed E-state index contributed by atoms with van der Waals surface area (Å²) in [5.74, 6) is 1.74. The topological polar surface area (TPSA) is 66.2 Å². The average Bonchev–Trinajstić information content (AvgIpc) is 2.81. The molecule has 0 amide bonds. The van der Waals surface area contributed by atoms with E-state index in [1.807, 2.05) is 7.05 Å². The molecule has 0 aliphatic rings. The first-order chi connectivity index (χ1) is 9.11. The molecule has 2 aromatic rings. The Morgan fingerprint density at radius 3 is 2.79 bits per heavy atom. The van der Waals surface area contributed by atoms with Crippen molar-refractivity contribution in [3.8, 4) is 11.5 Å². The first-order valence-electron chi connectivity index (χ1n) is 5.76. The minimum absolute atomic E-state index is 0.0596. The highest BCUT2D eigenvalue weighted by atomic mass is 16.5. The maximum absolute atomic E-state index is 11.5. The highest BCUT2D eigenvalue weighted by Gasteiger charge is 2.11. The predicted octanol–water partition coefficient (Wildman–Crippen LogP) is 1.61. The van der Waals surface area contributed by atoms with Gasteiger partial charge in [0.05, 0.1) is 12.7 Å². The maximum Gasteiger partial charge on any atom is 0.170 e. The molecule has 0 N–H and O–H groups in total. The summed E-state index contributed by atoms with van der Waals surface area (Å²) in [7, 11) is 3.39. The fraction of sp³-hybridized carbons (Fsp3) is 0.308. The van der Waals surface area contributed by atoms with Crippen LogP contribution in [0, 0.1) is 0 Å². The number of carbonyl (C=O) groups is 1. The summed E-state index contributed by atoms with van der Waals surface area (Å²) in [4.78, 5) is 11.5. The lowest BCUT2D eigenvalue weighted by Gasteiger charge is -2.11. The molecule has 6 nitrogen and oxygen atoms in total. The van der Waals surface area contributed by atoms with Crippen molar-refractivity contribution < 1.29 is 14.3 Å². The number of Topliss-reactive ketones (excluding diaryl/α,β-unsaturated/α-hetero) is 1. The van der Waals surface area contributed by atoms with Gasteiger partial charge in [-0.05, 0) is 19.1 Å². The van der Waals surface area contributed by atoms with Gasteiger partial charge in [0, 0.05) is 13.1 Å². The summed E-state index contributed by atoms with van der Waals surface area (Å²) in [5, 5.41) is 7.69. The molecule has 0 saturated heterocycles. The van der Waals surface area contributed by atoms with Gasteiger partial charge in [0.15, 0.2) is 11.6 Å². The number of nitrogens with zero attached hydrogens (tertiary/aromatic N) is 3. The van der Waals surface area contributed by atoms with Crippen molar-refractivity contribution in [1.82, 2.24) is 14.8 Å². The van der Waals surface area contributed by atoms with Crippen molar-refractivity contribution in [1.29, 1.82) is 0 Å². The lowest BCUT2D eigenvalue weighted by Crippen LogP contribution is -2.06. The predicted molar refractivity (Wildman–Crippen MR) is 68.3 cm³/mol. The summed E-state index contributed by atoms with van der Waals surface area (Å²) in [6.07, 6.45) is 1.59. The quantitative estimate of drug-likeness (QED) is 0.765. The lowest BCUT2D eigenvalue weighted by atomic mass is 10.1. The molecule has 6 heteroatoms. The van der Waals surface area contributed by atoms with Gasteiger partial charge in [-0.15, -0.1) is 10.2 Å². The smallest absolute Gasteiger partial charge is 0.170 e. The van der Waals surface area contributed by atoms with Gasteiger partial charge in [0.1, 0.15) is 24.4 Å². The maximum atomic E-state index is 11.5. The summed E-state index contributed by atoms with van der Waals surface area (Å²) in [6, 6.07) is 5.10. The van der Waals surface area contributed by atoms with Crippen LogP contribution in [-0.2, 0) is 13.7 Å². The molecule has 0 bridgehead atoms. The monoisotopic (exact) mass is 261 g/mol. The zero-order valence-corrected chi connectivity index (χ0v) is 11.1. The van der Waals surface area contributed by atoms with Crippen molar-refractivity contribution in [3.05, 3.63) is 35.9 Å². The average molecular weight is 261 g/mol. The van der Waals surface area contributed by atoms with E-state index in [4.69, 9.17) is 9.47 Å². The molecular weight excluding hydrogens is 246 g/mol. The van der Waals surface area contributed by atoms with Gasteiger partial charge >= 0.3 is 0 Å². The number of hydrogen-bond donors (Lipinski definition) is 0. The summed E-state index contributed by atoms with van der Waals surface area (Å²) < 4.78 is 12.5. The van der Waals surface area contributed by atoms with Crippen LogP contribution in [0.5, 0.6) is 11.5 Å². The van der Waals surface area contributed by atoms with E-state index in [0.717, 1.165) is 0 Å². The Hall–Kier alpha value is -2.37. The van der Waals surface area contributed by atoms with Gasteiger partial charge in [-0.25, -0.2) is 0 Å². The molecular formula is C13H15N3O3. The number of carbonyl (C=O) groups excluding carboxylic acids is 1. The van der Waals surface area contributed by atoms with E-state index in [1.54, 1.807) is 36.2 Å². The Labute approximate surface area is 111 Å². The fourth-order valence-electron chi connectivity index (χ4n) is 1.62. The highest BCUT2D eigenvalue weighted by molar-refractivity contribution is 5.97. The summed E-state index contributed by atoms with van der Waals surface area (Å²) in [5.41, 5.74) is 0.517. The summed E-state index contributed by atoms with van der Waals surface area (Å²) in [6.45, 7) is 1.74. The van der Waals surface area contributed by atoms with Crippen LogP contribution < -0.4 is 9.47 Å². The molecule has 0 spiro atoms. The van der Waals surface area contributed by atoms with E-state index in [9.17, 15) is 4.79 Å². The number of hydrogen-bond acceptors (Lipinski definition) is 5. The lowest BCUT2D eigenvalue weighted by molar-refractivity contribution is 0.101. The number of rotatable bonds is 5. The van der Waals surface area contributed by atoms with Gasteiger partial charge in [-0.2, -0.15) is 0 Å². The number of aryl methyl sites for hydroxylation is 1. The molecule has 1 aromatic carbocycles. The SMILES string of the molecule is COc1ccc(C(C)=O)c(OCc2nncn2C)c1. The second-order valence-electron chi connectivity index (χ2n) is 4.07. The van der Waals surface area contributed by atoms with Gasteiger partial charge in [-0.1, -0.05) is 0 Å². The third kappa shape index (κ3) is 2.90. The Morgan fingerprint density at radius 2 is 2.21 bits per heavy atom. The zero-order valence-electron chi connectivity index (χ0n) is 11.1. The van der Waals surface area contributed by atoms with Crippen LogP contribution >= 0.6 is 0 Å². The molecule has 19 heavy (non-hydrogen) atoms. The second kappa shape index (κ2) is 5.51. The molecule has 0 fully saturated rings. The van der Waals surface area contributed by atoms with Crippen LogP contribution in [0.4, 0.5) is 0 Å². The molecule has 0 unspecified atom stereocenters. The van der Waals surface area contributed by atoms with Gasteiger partial charge in [-0.3, -0.25) is 4.79 Å². The first kappa shape index (κ1) is 13.1. The molecule has 0 aliphatic heterocycles. The third-order valence-electron chi connectivity index (χ3n) is 2.73. The van der Waals surface area contributed by atoms with Crippen LogP contribution in [0.3, 0.4) is 0 Å². The van der Waals surface area contributed by atoms with Gasteiger partial charge in [0.2, 0.25) is 0 Å². The first-order valence-corrected chi connectivity index (χ1v) is 5.76. The number of ether oxygens (including phenoxy) is 2. The Morgan fingerprint density at radius 1 is 1.42 bits per heavy atom. The van der Waals surface area contributed by atoms with E-state index in [2.05, 4.69) is 10.2 Å². The molecule has 1 aromatic heterocycles. The van der Waals surface area contributed by atoms with Crippen LogP contribution in [0.2, 0.25) is 0 Å². The van der Waals surface area contributed by atoms with E-state index in [0.29, 0.717) is 22.9 Å². The molecule has 0 aliphatic carbocycles. The van der Waals surface area contributed by atoms with Crippen LogP contribution in [0.25, 0.3) is 0 Å². The van der Waals surface area contributed by atoms with Crippen LogP contribution in [-0.4, -0.2) is 27.7 Å². The molecule has 0 atom stereocenters. The number of benzene rings is 1. The zero-order chi connectivity index (χ0) is 13.8. The van der Waals surface area contributed by atoms with E-state index >= 15 is 0 Å².